The molecule has 3 rings (SSSR count). The van der Waals surface area contributed by atoms with Gasteiger partial charge in [-0.3, -0.25) is 4.57 Å². The van der Waals surface area contributed by atoms with E-state index in [1.165, 1.54) is 12.1 Å². The summed E-state index contributed by atoms with van der Waals surface area (Å²) in [6, 6.07) is 3.97. The molecule has 0 amide bonds. The molecule has 2 heterocycles. The Morgan fingerprint density at radius 3 is 2.63 bits per heavy atom. The molecule has 1 saturated heterocycles. The number of hydrogen-bond donors (Lipinski definition) is 1. The minimum absolute atomic E-state index is 0.0952. The van der Waals surface area contributed by atoms with Crippen molar-refractivity contribution in [1.82, 2.24) is 9.55 Å². The topological polar surface area (TPSA) is 71.9 Å². The van der Waals surface area contributed by atoms with Gasteiger partial charge in [0.25, 0.3) is 0 Å². The zero-order chi connectivity index (χ0) is 13.6. The van der Waals surface area contributed by atoms with Crippen LogP contribution in [0.5, 0.6) is 0 Å². The molecule has 0 saturated carbocycles. The number of fused-ring (bicyclic) bond motifs is 1. The number of benzene rings is 1. The Bertz CT molecular complexity index is 777. The van der Waals surface area contributed by atoms with E-state index in [0.29, 0.717) is 23.9 Å². The largest absolute Gasteiger partial charge is 0.326 e. The molecule has 0 bridgehead atoms. The summed E-state index contributed by atoms with van der Waals surface area (Å²) in [5.74, 6) is -0.220. The van der Waals surface area contributed by atoms with Crippen LogP contribution in [0, 0.1) is 5.82 Å². The highest BCUT2D eigenvalue weighted by Crippen LogP contribution is 2.26. The third-order valence-corrected chi connectivity index (χ3v) is 5.28. The average Bonchev–Trinajstić information content (AvgIpc) is 2.65. The van der Waals surface area contributed by atoms with Gasteiger partial charge in [-0.1, -0.05) is 0 Å². The number of halogens is 1. The van der Waals surface area contributed by atoms with Crippen LogP contribution in [0.3, 0.4) is 0 Å². The minimum atomic E-state index is -2.97. The molecule has 1 aromatic heterocycles. The van der Waals surface area contributed by atoms with Crippen molar-refractivity contribution >= 4 is 20.9 Å². The Morgan fingerprint density at radius 1 is 1.26 bits per heavy atom. The lowest BCUT2D eigenvalue weighted by atomic mass is 10.1. The van der Waals surface area contributed by atoms with Crippen LogP contribution >= 0.6 is 0 Å². The van der Waals surface area contributed by atoms with Gasteiger partial charge in [-0.25, -0.2) is 17.6 Å². The summed E-state index contributed by atoms with van der Waals surface area (Å²) >= 11 is 0. The SMILES string of the molecule is O=c1[nH]c2cc(F)ccc2n1C1CCS(=O)(=O)CC1. The maximum absolute atomic E-state index is 13.1. The van der Waals surface area contributed by atoms with E-state index < -0.39 is 15.7 Å². The predicted molar refractivity (Wildman–Crippen MR) is 69.4 cm³/mol. The molecule has 0 spiro atoms. The highest BCUT2D eigenvalue weighted by molar-refractivity contribution is 7.91. The number of imidazole rings is 1. The zero-order valence-electron chi connectivity index (χ0n) is 10.1. The smallest absolute Gasteiger partial charge is 0.305 e. The second kappa shape index (κ2) is 4.19. The number of aromatic nitrogens is 2. The molecule has 1 N–H and O–H groups in total. The minimum Gasteiger partial charge on any atom is -0.305 e. The Morgan fingerprint density at radius 2 is 1.95 bits per heavy atom. The van der Waals surface area contributed by atoms with Crippen molar-refractivity contribution in [3.8, 4) is 0 Å². The predicted octanol–water partition coefficient (Wildman–Crippen LogP) is 1.22. The molecule has 1 aliphatic rings. The van der Waals surface area contributed by atoms with Crippen molar-refractivity contribution < 1.29 is 12.8 Å². The average molecular weight is 284 g/mol. The number of sulfone groups is 1. The molecule has 1 aliphatic heterocycles. The molecule has 7 heteroatoms. The van der Waals surface area contributed by atoms with Gasteiger partial charge in [0.05, 0.1) is 22.5 Å². The van der Waals surface area contributed by atoms with Gasteiger partial charge in [-0.2, -0.15) is 0 Å². The Kier molecular flexibility index (Phi) is 2.74. The molecule has 102 valence electrons. The van der Waals surface area contributed by atoms with E-state index in [0.717, 1.165) is 0 Å². The fraction of sp³-hybridized carbons (Fsp3) is 0.417. The van der Waals surface area contributed by atoms with Crippen molar-refractivity contribution in [3.05, 3.63) is 34.5 Å². The van der Waals surface area contributed by atoms with E-state index in [2.05, 4.69) is 4.98 Å². The summed E-state index contributed by atoms with van der Waals surface area (Å²) in [6.45, 7) is 0. The molecule has 0 radical (unpaired) electrons. The van der Waals surface area contributed by atoms with Crippen LogP contribution in [0.15, 0.2) is 23.0 Å². The van der Waals surface area contributed by atoms with E-state index in [1.54, 1.807) is 10.6 Å². The molecule has 0 aliphatic carbocycles. The maximum atomic E-state index is 13.1. The van der Waals surface area contributed by atoms with E-state index in [4.69, 9.17) is 0 Å². The van der Waals surface area contributed by atoms with Gasteiger partial charge in [0.2, 0.25) is 0 Å². The van der Waals surface area contributed by atoms with Crippen LogP contribution in [0.4, 0.5) is 4.39 Å². The summed E-state index contributed by atoms with van der Waals surface area (Å²) < 4.78 is 37.5. The number of nitrogens with zero attached hydrogens (tertiary/aromatic N) is 1. The van der Waals surface area contributed by atoms with E-state index >= 15 is 0 Å². The summed E-state index contributed by atoms with van der Waals surface area (Å²) in [6.07, 6.45) is 0.846. The lowest BCUT2D eigenvalue weighted by Crippen LogP contribution is -2.30. The molecular formula is C12H13FN2O3S. The van der Waals surface area contributed by atoms with Gasteiger partial charge in [0.1, 0.15) is 15.7 Å². The molecule has 2 aromatic rings. The van der Waals surface area contributed by atoms with Crippen LogP contribution in [-0.2, 0) is 9.84 Å². The molecule has 0 unspecified atom stereocenters. The van der Waals surface area contributed by atoms with Crippen LogP contribution in [-0.4, -0.2) is 29.5 Å². The summed E-state index contributed by atoms with van der Waals surface area (Å²) in [4.78, 5) is 14.5. The first-order valence-electron chi connectivity index (χ1n) is 6.06. The van der Waals surface area contributed by atoms with Gasteiger partial charge in [0, 0.05) is 6.04 Å². The number of hydrogen-bond acceptors (Lipinski definition) is 3. The van der Waals surface area contributed by atoms with Crippen molar-refractivity contribution in [1.29, 1.82) is 0 Å². The van der Waals surface area contributed by atoms with Crippen LogP contribution in [0.25, 0.3) is 11.0 Å². The van der Waals surface area contributed by atoms with Gasteiger partial charge < -0.3 is 4.98 Å². The van der Waals surface area contributed by atoms with Crippen molar-refractivity contribution in [2.45, 2.75) is 18.9 Å². The summed E-state index contributed by atoms with van der Waals surface area (Å²) in [5, 5.41) is 0. The number of rotatable bonds is 1. The van der Waals surface area contributed by atoms with Crippen molar-refractivity contribution in [2.75, 3.05) is 11.5 Å². The Labute approximate surface area is 109 Å². The second-order valence-electron chi connectivity index (χ2n) is 4.84. The first-order valence-corrected chi connectivity index (χ1v) is 7.89. The van der Waals surface area contributed by atoms with E-state index in [1.807, 2.05) is 0 Å². The molecule has 5 nitrogen and oxygen atoms in total. The van der Waals surface area contributed by atoms with Crippen LogP contribution in [0.1, 0.15) is 18.9 Å². The van der Waals surface area contributed by atoms with Crippen LogP contribution < -0.4 is 5.69 Å². The number of nitrogens with one attached hydrogen (secondary N) is 1. The standard InChI is InChI=1S/C12H13FN2O3S/c13-8-1-2-11-10(7-8)14-12(16)15(11)9-3-5-19(17,18)6-4-9/h1-2,7,9H,3-6H2,(H,14,16). The highest BCUT2D eigenvalue weighted by Gasteiger charge is 2.26. The Balaban J connectivity index is 2.06. The molecule has 1 fully saturated rings. The van der Waals surface area contributed by atoms with Crippen LogP contribution in [0.2, 0.25) is 0 Å². The second-order valence-corrected chi connectivity index (χ2v) is 7.15. The number of aromatic amines is 1. The van der Waals surface area contributed by atoms with Gasteiger partial charge in [-0.05, 0) is 31.0 Å². The summed E-state index contributed by atoms with van der Waals surface area (Å²) in [5.41, 5.74) is 0.749. The first kappa shape index (κ1) is 12.4. The molecule has 19 heavy (non-hydrogen) atoms. The lowest BCUT2D eigenvalue weighted by molar-refractivity contribution is 0.449. The molecule has 0 atom stereocenters. The van der Waals surface area contributed by atoms with Gasteiger partial charge >= 0.3 is 5.69 Å². The summed E-state index contributed by atoms with van der Waals surface area (Å²) in [7, 11) is -2.97. The van der Waals surface area contributed by atoms with Gasteiger partial charge in [-0.15, -0.1) is 0 Å². The number of H-pyrrole nitrogens is 1. The molecule has 1 aromatic carbocycles. The first-order chi connectivity index (χ1) is 8.96. The zero-order valence-corrected chi connectivity index (χ0v) is 10.9. The fourth-order valence-corrected chi connectivity index (χ4v) is 4.07. The van der Waals surface area contributed by atoms with Crippen molar-refractivity contribution in [3.63, 3.8) is 0 Å². The maximum Gasteiger partial charge on any atom is 0.326 e. The van der Waals surface area contributed by atoms with Gasteiger partial charge in [0.15, 0.2) is 0 Å². The normalized spacial score (nSPS) is 19.8. The fourth-order valence-electron chi connectivity index (χ4n) is 2.60. The third kappa shape index (κ3) is 2.18. The lowest BCUT2D eigenvalue weighted by Gasteiger charge is -2.23. The van der Waals surface area contributed by atoms with E-state index in [-0.39, 0.29) is 23.2 Å². The monoisotopic (exact) mass is 284 g/mol. The molecular weight excluding hydrogens is 271 g/mol. The van der Waals surface area contributed by atoms with Crippen molar-refractivity contribution in [2.24, 2.45) is 0 Å². The highest BCUT2D eigenvalue weighted by atomic mass is 32.2. The Hall–Kier alpha value is -1.63. The third-order valence-electron chi connectivity index (χ3n) is 3.57. The van der Waals surface area contributed by atoms with E-state index in [9.17, 15) is 17.6 Å². The quantitative estimate of drug-likeness (QED) is 0.855.